The van der Waals surface area contributed by atoms with E-state index in [0.29, 0.717) is 30.3 Å². The highest BCUT2D eigenvalue weighted by Gasteiger charge is 2.96. The zero-order valence-corrected chi connectivity index (χ0v) is 15.9. The van der Waals surface area contributed by atoms with Crippen LogP contribution in [0.3, 0.4) is 0 Å². The number of cyclic esters (lactones) is 1. The van der Waals surface area contributed by atoms with Crippen LogP contribution in [-0.2, 0) is 14.3 Å². The highest BCUT2D eigenvalue weighted by Crippen LogP contribution is 2.94. The topological polar surface area (TPSA) is 59.1 Å². The Morgan fingerprint density at radius 1 is 1.27 bits per heavy atom. The Kier molecular flexibility index (Phi) is 2.22. The van der Waals surface area contributed by atoms with Gasteiger partial charge in [-0.3, -0.25) is 0 Å². The molecule has 1 N–H and O–H groups in total. The van der Waals surface area contributed by atoms with Crippen molar-refractivity contribution in [1.29, 1.82) is 0 Å². The van der Waals surface area contributed by atoms with Crippen LogP contribution in [0.5, 0.6) is 0 Å². The molecule has 26 heavy (non-hydrogen) atoms. The van der Waals surface area contributed by atoms with Crippen LogP contribution >= 0.6 is 0 Å². The molecule has 9 atom stereocenters. The normalized spacial score (nSPS) is 63.1. The van der Waals surface area contributed by atoms with Crippen LogP contribution in [0.4, 0.5) is 0 Å². The summed E-state index contributed by atoms with van der Waals surface area (Å²) in [7, 11) is 0. The molecule has 0 aromatic rings. The minimum Gasteiger partial charge on any atom is -0.458 e. The average Bonchev–Trinajstić information content (AvgIpc) is 3.47. The third-order valence-electron chi connectivity index (χ3n) is 10.5. The first-order valence-corrected chi connectivity index (χ1v) is 10.6. The molecule has 0 aromatic heterocycles. The van der Waals surface area contributed by atoms with Gasteiger partial charge in [0.2, 0.25) is 0 Å². The molecule has 2 heterocycles. The van der Waals surface area contributed by atoms with E-state index >= 15 is 0 Å². The Hall–Kier alpha value is -0.870. The fraction of sp³-hybridized carbons (Fsp3) is 0.864. The number of fused-ring (bicyclic) bond motifs is 4. The molecule has 0 unspecified atom stereocenters. The maximum absolute atomic E-state index is 12.1. The van der Waals surface area contributed by atoms with Gasteiger partial charge in [-0.25, -0.2) is 4.79 Å². The molecule has 4 saturated carbocycles. The summed E-state index contributed by atoms with van der Waals surface area (Å²) in [5.41, 5.74) is 2.54. The molecule has 7 aliphatic rings. The van der Waals surface area contributed by atoms with E-state index in [1.54, 1.807) is 0 Å². The van der Waals surface area contributed by atoms with Crippen LogP contribution in [-0.4, -0.2) is 35.5 Å². The van der Waals surface area contributed by atoms with Gasteiger partial charge >= 0.3 is 5.97 Å². The summed E-state index contributed by atoms with van der Waals surface area (Å²) in [6.45, 7) is 7.45. The lowest BCUT2D eigenvalue weighted by atomic mass is 9.45. The number of hydrogen-bond donors (Lipinski definition) is 1. The Labute approximate surface area is 154 Å². The van der Waals surface area contributed by atoms with Crippen molar-refractivity contribution in [1.82, 2.24) is 0 Å². The third kappa shape index (κ3) is 1.15. The summed E-state index contributed by atoms with van der Waals surface area (Å²) >= 11 is 0. The van der Waals surface area contributed by atoms with E-state index in [1.165, 1.54) is 18.4 Å². The second kappa shape index (κ2) is 3.82. The van der Waals surface area contributed by atoms with E-state index in [-0.39, 0.29) is 40.0 Å². The first-order chi connectivity index (χ1) is 12.3. The van der Waals surface area contributed by atoms with Crippen molar-refractivity contribution < 1.29 is 19.4 Å². The van der Waals surface area contributed by atoms with Crippen molar-refractivity contribution in [3.63, 3.8) is 0 Å². The van der Waals surface area contributed by atoms with E-state index in [0.717, 1.165) is 24.8 Å². The average molecular weight is 356 g/mol. The molecule has 0 radical (unpaired) electrons. The maximum Gasteiger partial charge on any atom is 0.334 e. The smallest absolute Gasteiger partial charge is 0.334 e. The van der Waals surface area contributed by atoms with Crippen molar-refractivity contribution in [2.75, 3.05) is 6.61 Å². The van der Waals surface area contributed by atoms with Crippen molar-refractivity contribution in [3.8, 4) is 0 Å². The predicted octanol–water partition coefficient (Wildman–Crippen LogP) is 2.84. The number of aliphatic hydroxyl groups excluding tert-OH is 1. The summed E-state index contributed by atoms with van der Waals surface area (Å²) in [6, 6.07) is 0. The largest absolute Gasteiger partial charge is 0.458 e. The lowest BCUT2D eigenvalue weighted by Crippen LogP contribution is -2.60. The highest BCUT2D eigenvalue weighted by molar-refractivity contribution is 5.92. The van der Waals surface area contributed by atoms with Crippen LogP contribution < -0.4 is 0 Å². The lowest BCUT2D eigenvalue weighted by molar-refractivity contribution is -0.136. The molecule has 4 nitrogen and oxygen atoms in total. The van der Waals surface area contributed by atoms with Gasteiger partial charge in [0.1, 0.15) is 12.2 Å². The molecule has 0 bridgehead atoms. The van der Waals surface area contributed by atoms with Gasteiger partial charge in [-0.1, -0.05) is 20.8 Å². The molecule has 5 aliphatic carbocycles. The Balaban J connectivity index is 1.39. The van der Waals surface area contributed by atoms with Gasteiger partial charge in [0.25, 0.3) is 0 Å². The van der Waals surface area contributed by atoms with Gasteiger partial charge < -0.3 is 14.6 Å². The monoisotopic (exact) mass is 356 g/mol. The second-order valence-corrected chi connectivity index (χ2v) is 11.0. The van der Waals surface area contributed by atoms with Crippen LogP contribution in [0.2, 0.25) is 0 Å². The molecule has 7 rings (SSSR count). The Morgan fingerprint density at radius 3 is 2.85 bits per heavy atom. The molecular formula is C22H28O4. The molecular weight excluding hydrogens is 328 g/mol. The van der Waals surface area contributed by atoms with Gasteiger partial charge in [-0.05, 0) is 72.2 Å². The molecule has 0 amide bonds. The summed E-state index contributed by atoms with van der Waals surface area (Å²) < 4.78 is 11.8. The van der Waals surface area contributed by atoms with Gasteiger partial charge in [-0.2, -0.15) is 0 Å². The predicted molar refractivity (Wildman–Crippen MR) is 93.0 cm³/mol. The molecule has 2 spiro atoms. The fourth-order valence-corrected chi connectivity index (χ4v) is 9.32. The Morgan fingerprint density at radius 2 is 2.08 bits per heavy atom. The van der Waals surface area contributed by atoms with Crippen LogP contribution in [0, 0.1) is 39.9 Å². The maximum atomic E-state index is 12.1. The van der Waals surface area contributed by atoms with Crippen LogP contribution in [0.25, 0.3) is 0 Å². The number of epoxide rings is 1. The zero-order valence-electron chi connectivity index (χ0n) is 15.9. The van der Waals surface area contributed by atoms with Crippen LogP contribution in [0.15, 0.2) is 11.1 Å². The first kappa shape index (κ1) is 15.1. The molecule has 0 aromatic carbocycles. The summed E-state index contributed by atoms with van der Waals surface area (Å²) in [6.07, 6.45) is 5.42. The number of rotatable bonds is 1. The van der Waals surface area contributed by atoms with Crippen molar-refractivity contribution in [2.45, 2.75) is 70.7 Å². The summed E-state index contributed by atoms with van der Waals surface area (Å²) in [5.74, 6) is 2.01. The van der Waals surface area contributed by atoms with Gasteiger partial charge in [0, 0.05) is 11.0 Å². The van der Waals surface area contributed by atoms with Gasteiger partial charge in [0.05, 0.1) is 12.2 Å². The number of aliphatic hydroxyl groups is 1. The minimum atomic E-state index is -0.307. The Bertz CT molecular complexity index is 815. The van der Waals surface area contributed by atoms with E-state index in [9.17, 15) is 9.90 Å². The summed E-state index contributed by atoms with van der Waals surface area (Å²) in [5, 5.41) is 11.6. The van der Waals surface area contributed by atoms with Crippen LogP contribution in [0.1, 0.15) is 52.9 Å². The first-order valence-electron chi connectivity index (χ1n) is 10.6. The summed E-state index contributed by atoms with van der Waals surface area (Å²) in [4.78, 5) is 12.1. The fourth-order valence-electron chi connectivity index (χ4n) is 9.32. The quantitative estimate of drug-likeness (QED) is 0.580. The number of hydrogen-bond acceptors (Lipinski definition) is 4. The second-order valence-electron chi connectivity index (χ2n) is 11.0. The van der Waals surface area contributed by atoms with Crippen molar-refractivity contribution in [3.05, 3.63) is 11.1 Å². The molecule has 4 heteroatoms. The number of esters is 1. The number of carbonyl (C=O) groups excluding carboxylic acids is 1. The number of ether oxygens (including phenoxy) is 2. The van der Waals surface area contributed by atoms with Gasteiger partial charge in [-0.15, -0.1) is 0 Å². The van der Waals surface area contributed by atoms with E-state index in [2.05, 4.69) is 20.8 Å². The van der Waals surface area contributed by atoms with E-state index in [4.69, 9.17) is 9.47 Å². The van der Waals surface area contributed by atoms with E-state index < -0.39 is 0 Å². The standard InChI is InChI=1S/C22H28O4/c1-10(2)22-16(26-22)15-8-21(15)19(3)5-4-12-13(9-25-17(12)23)14(19)6-11-7-20(11,21)18(22)24/h10-11,14-16,18,24H,4-9H2,1-3H3/t11-,14+,15+,16+,18+,19+,20+,21+,22+/m1/s1. The third-order valence-corrected chi connectivity index (χ3v) is 10.5. The lowest BCUT2D eigenvalue weighted by Gasteiger charge is -2.58. The SMILES string of the molecule is CC(C)[C@]12O[C@H]1[C@@H]1C[C@]13[C@]1(C[C@H]1C[C@H]1C4=C(CC[C@@]13C)C(=O)OC4)[C@@H]2O. The zero-order chi connectivity index (χ0) is 17.9. The minimum absolute atomic E-state index is 0.0624. The van der Waals surface area contributed by atoms with Crippen molar-refractivity contribution in [2.24, 2.45) is 39.9 Å². The van der Waals surface area contributed by atoms with Gasteiger partial charge in [0.15, 0.2) is 0 Å². The van der Waals surface area contributed by atoms with E-state index in [1.807, 2.05) is 0 Å². The molecule has 5 fully saturated rings. The molecule has 140 valence electrons. The molecule has 2 aliphatic heterocycles. The number of carbonyl (C=O) groups is 1. The molecule has 1 saturated heterocycles. The highest BCUT2D eigenvalue weighted by atomic mass is 16.6. The van der Waals surface area contributed by atoms with Crippen molar-refractivity contribution >= 4 is 5.97 Å².